The first kappa shape index (κ1) is 16.8. The van der Waals surface area contributed by atoms with E-state index in [0.29, 0.717) is 18.7 Å². The molecule has 0 bridgehead atoms. The van der Waals surface area contributed by atoms with Crippen LogP contribution in [0.15, 0.2) is 54.6 Å². The number of primary amides is 1. The lowest BCUT2D eigenvalue weighted by Gasteiger charge is -2.19. The van der Waals surface area contributed by atoms with Gasteiger partial charge in [0, 0.05) is 30.4 Å². The molecular formula is C20H21N3O2. The lowest BCUT2D eigenvalue weighted by molar-refractivity contribution is -0.131. The quantitative estimate of drug-likeness (QED) is 0.779. The van der Waals surface area contributed by atoms with Crippen molar-refractivity contribution in [3.63, 3.8) is 0 Å². The average Bonchev–Trinajstić information content (AvgIpc) is 2.91. The minimum absolute atomic E-state index is 0.0310. The van der Waals surface area contributed by atoms with Crippen LogP contribution in [0.25, 0.3) is 10.9 Å². The van der Waals surface area contributed by atoms with Crippen LogP contribution in [0.3, 0.4) is 0 Å². The first-order valence-corrected chi connectivity index (χ1v) is 8.13. The number of hydrogen-bond donors (Lipinski definition) is 1. The van der Waals surface area contributed by atoms with E-state index in [1.54, 1.807) is 24.1 Å². The molecule has 0 saturated carbocycles. The molecule has 0 unspecified atom stereocenters. The highest BCUT2D eigenvalue weighted by molar-refractivity contribution is 5.92. The van der Waals surface area contributed by atoms with Crippen molar-refractivity contribution in [3.05, 3.63) is 71.4 Å². The number of nitrogens with zero attached hydrogens (tertiary/aromatic N) is 2. The maximum Gasteiger partial charge on any atom is 0.248 e. The summed E-state index contributed by atoms with van der Waals surface area (Å²) in [5.74, 6) is -0.422. The van der Waals surface area contributed by atoms with Crippen LogP contribution < -0.4 is 5.73 Å². The monoisotopic (exact) mass is 335 g/mol. The molecule has 2 amide bonds. The lowest BCUT2D eigenvalue weighted by atomic mass is 10.1. The van der Waals surface area contributed by atoms with Gasteiger partial charge in [0.15, 0.2) is 0 Å². The third kappa shape index (κ3) is 3.55. The van der Waals surface area contributed by atoms with Crippen LogP contribution in [0, 0.1) is 6.92 Å². The number of amides is 2. The number of carbonyl (C=O) groups excluding carboxylic acids is 2. The molecule has 5 heteroatoms. The lowest BCUT2D eigenvalue weighted by Crippen LogP contribution is -2.30. The zero-order valence-electron chi connectivity index (χ0n) is 14.4. The number of nitrogens with two attached hydrogens (primary N) is 1. The SMILES string of the molecule is Cc1cc2ccccc2n1CC(=O)N(C)Cc1ccc(C(N)=O)cc1. The first-order chi connectivity index (χ1) is 12.0. The molecule has 0 saturated heterocycles. The molecule has 128 valence electrons. The molecule has 5 nitrogen and oxygen atoms in total. The van der Waals surface area contributed by atoms with E-state index in [9.17, 15) is 9.59 Å². The van der Waals surface area contributed by atoms with E-state index in [1.165, 1.54) is 0 Å². The van der Waals surface area contributed by atoms with Gasteiger partial charge in [0.05, 0.1) is 0 Å². The zero-order valence-corrected chi connectivity index (χ0v) is 14.4. The Morgan fingerprint density at radius 2 is 1.76 bits per heavy atom. The maximum absolute atomic E-state index is 12.6. The Kier molecular flexibility index (Phi) is 4.57. The van der Waals surface area contributed by atoms with E-state index < -0.39 is 5.91 Å². The summed E-state index contributed by atoms with van der Waals surface area (Å²) < 4.78 is 2.03. The van der Waals surface area contributed by atoms with Crippen molar-refractivity contribution in [1.82, 2.24) is 9.47 Å². The smallest absolute Gasteiger partial charge is 0.248 e. The third-order valence-electron chi connectivity index (χ3n) is 4.40. The molecule has 3 rings (SSSR count). The Bertz CT molecular complexity index is 926. The molecule has 2 aromatic carbocycles. The topological polar surface area (TPSA) is 68.3 Å². The van der Waals surface area contributed by atoms with Gasteiger partial charge in [-0.1, -0.05) is 30.3 Å². The van der Waals surface area contributed by atoms with Gasteiger partial charge in [-0.25, -0.2) is 0 Å². The molecule has 0 aliphatic carbocycles. The van der Waals surface area contributed by atoms with Crippen molar-refractivity contribution in [1.29, 1.82) is 0 Å². The summed E-state index contributed by atoms with van der Waals surface area (Å²) >= 11 is 0. The normalized spacial score (nSPS) is 10.8. The molecule has 0 atom stereocenters. The first-order valence-electron chi connectivity index (χ1n) is 8.13. The summed E-state index contributed by atoms with van der Waals surface area (Å²) in [7, 11) is 1.78. The third-order valence-corrected chi connectivity index (χ3v) is 4.40. The van der Waals surface area contributed by atoms with Gasteiger partial charge in [0.1, 0.15) is 6.54 Å². The second kappa shape index (κ2) is 6.81. The fraction of sp³-hybridized carbons (Fsp3) is 0.200. The van der Waals surface area contributed by atoms with E-state index in [1.807, 2.05) is 47.9 Å². The summed E-state index contributed by atoms with van der Waals surface area (Å²) in [6.45, 7) is 2.79. The van der Waals surface area contributed by atoms with Crippen LogP contribution in [0.5, 0.6) is 0 Å². The van der Waals surface area contributed by atoms with Gasteiger partial charge >= 0.3 is 0 Å². The number of benzene rings is 2. The molecular weight excluding hydrogens is 314 g/mol. The van der Waals surface area contributed by atoms with Crippen LogP contribution in [-0.2, 0) is 17.9 Å². The molecule has 1 heterocycles. The average molecular weight is 335 g/mol. The van der Waals surface area contributed by atoms with Crippen LogP contribution in [0.2, 0.25) is 0 Å². The number of carbonyl (C=O) groups is 2. The molecule has 25 heavy (non-hydrogen) atoms. The fourth-order valence-electron chi connectivity index (χ4n) is 2.95. The van der Waals surface area contributed by atoms with E-state index in [4.69, 9.17) is 5.73 Å². The van der Waals surface area contributed by atoms with Crippen LogP contribution >= 0.6 is 0 Å². The van der Waals surface area contributed by atoms with Crippen LogP contribution in [0.4, 0.5) is 0 Å². The van der Waals surface area contributed by atoms with Crippen molar-refractivity contribution in [2.24, 2.45) is 5.73 Å². The molecule has 0 radical (unpaired) electrons. The summed E-state index contributed by atoms with van der Waals surface area (Å²) in [4.78, 5) is 25.4. The number of aromatic nitrogens is 1. The Morgan fingerprint density at radius 3 is 2.44 bits per heavy atom. The predicted molar refractivity (Wildman–Crippen MR) is 98.1 cm³/mol. The highest BCUT2D eigenvalue weighted by atomic mass is 16.2. The van der Waals surface area contributed by atoms with Gasteiger partial charge in [-0.15, -0.1) is 0 Å². The van der Waals surface area contributed by atoms with Crippen LogP contribution in [0.1, 0.15) is 21.6 Å². The second-order valence-electron chi connectivity index (χ2n) is 6.24. The fourth-order valence-corrected chi connectivity index (χ4v) is 2.95. The highest BCUT2D eigenvalue weighted by Crippen LogP contribution is 2.19. The van der Waals surface area contributed by atoms with Crippen molar-refractivity contribution >= 4 is 22.7 Å². The molecule has 0 fully saturated rings. The number of fused-ring (bicyclic) bond motifs is 1. The Hall–Kier alpha value is -3.08. The molecule has 0 aliphatic heterocycles. The largest absolute Gasteiger partial charge is 0.366 e. The number of para-hydroxylation sites is 1. The number of aryl methyl sites for hydroxylation is 1. The summed E-state index contributed by atoms with van der Waals surface area (Å²) in [6, 6.07) is 17.1. The summed E-state index contributed by atoms with van der Waals surface area (Å²) in [6.07, 6.45) is 0. The number of hydrogen-bond acceptors (Lipinski definition) is 2. The van der Waals surface area contributed by atoms with E-state index in [0.717, 1.165) is 22.2 Å². The van der Waals surface area contributed by atoms with Crippen LogP contribution in [-0.4, -0.2) is 28.3 Å². The van der Waals surface area contributed by atoms with Crippen molar-refractivity contribution in [2.45, 2.75) is 20.0 Å². The van der Waals surface area contributed by atoms with E-state index in [-0.39, 0.29) is 5.91 Å². The molecule has 3 aromatic rings. The number of likely N-dealkylation sites (N-methyl/N-ethyl adjacent to an activating group) is 1. The Morgan fingerprint density at radius 1 is 1.08 bits per heavy atom. The minimum atomic E-state index is -0.453. The van der Waals surface area contributed by atoms with E-state index >= 15 is 0 Å². The highest BCUT2D eigenvalue weighted by Gasteiger charge is 2.13. The maximum atomic E-state index is 12.6. The molecule has 2 N–H and O–H groups in total. The van der Waals surface area contributed by atoms with Gasteiger partial charge in [0.2, 0.25) is 11.8 Å². The van der Waals surface area contributed by atoms with Gasteiger partial charge in [0.25, 0.3) is 0 Å². The van der Waals surface area contributed by atoms with Crippen molar-refractivity contribution in [2.75, 3.05) is 7.05 Å². The second-order valence-corrected chi connectivity index (χ2v) is 6.24. The molecule has 0 spiro atoms. The standard InChI is InChI=1S/C20H21N3O2/c1-14-11-17-5-3-4-6-18(17)23(14)13-19(24)22(2)12-15-7-9-16(10-8-15)20(21)25/h3-11H,12-13H2,1-2H3,(H2,21,25). The zero-order chi connectivity index (χ0) is 18.0. The summed E-state index contributed by atoms with van der Waals surface area (Å²) in [5.41, 5.74) is 8.79. The predicted octanol–water partition coefficient (Wildman–Crippen LogP) is 2.71. The van der Waals surface area contributed by atoms with Gasteiger partial charge in [-0.2, -0.15) is 0 Å². The van der Waals surface area contributed by atoms with Crippen molar-refractivity contribution < 1.29 is 9.59 Å². The number of rotatable bonds is 5. The Labute approximate surface area is 146 Å². The molecule has 1 aromatic heterocycles. The van der Waals surface area contributed by atoms with Gasteiger partial charge in [-0.3, -0.25) is 9.59 Å². The minimum Gasteiger partial charge on any atom is -0.366 e. The summed E-state index contributed by atoms with van der Waals surface area (Å²) in [5, 5.41) is 1.14. The van der Waals surface area contributed by atoms with Crippen molar-refractivity contribution in [3.8, 4) is 0 Å². The van der Waals surface area contributed by atoms with Gasteiger partial charge in [-0.05, 0) is 42.1 Å². The Balaban J connectivity index is 1.72. The molecule has 0 aliphatic rings. The van der Waals surface area contributed by atoms with E-state index in [2.05, 4.69) is 6.07 Å². The van der Waals surface area contributed by atoms with Gasteiger partial charge < -0.3 is 15.2 Å².